The first-order valence-electron chi connectivity index (χ1n) is 3.97. The molecule has 1 N–H and O–H groups in total. The molecule has 0 bridgehead atoms. The van der Waals surface area contributed by atoms with Gasteiger partial charge in [-0.05, 0) is 12.5 Å². The molecule has 0 aliphatic carbocycles. The van der Waals surface area contributed by atoms with E-state index < -0.39 is 0 Å². The number of hydrogen-bond donors (Lipinski definition) is 1. The Morgan fingerprint density at radius 1 is 1.75 bits per heavy atom. The van der Waals surface area contributed by atoms with Gasteiger partial charge in [0.25, 0.3) is 0 Å². The van der Waals surface area contributed by atoms with Crippen molar-refractivity contribution in [2.75, 3.05) is 12.4 Å². The van der Waals surface area contributed by atoms with E-state index in [0.29, 0.717) is 11.8 Å². The number of carbonyl (C=O) groups excluding carboxylic acids is 1. The Hall–Kier alpha value is -0.480. The van der Waals surface area contributed by atoms with E-state index in [0.717, 1.165) is 17.0 Å². The van der Waals surface area contributed by atoms with E-state index in [4.69, 9.17) is 5.11 Å². The number of amides is 1. The fourth-order valence-corrected chi connectivity index (χ4v) is 2.83. The van der Waals surface area contributed by atoms with Crippen molar-refractivity contribution >= 4 is 17.7 Å². The molecule has 1 atom stereocenters. The first-order chi connectivity index (χ1) is 5.74. The largest absolute Gasteiger partial charge is 0.390 e. The van der Waals surface area contributed by atoms with Gasteiger partial charge in [-0.25, -0.2) is 0 Å². The van der Waals surface area contributed by atoms with Crippen LogP contribution in [0.5, 0.6) is 0 Å². The van der Waals surface area contributed by atoms with Crippen molar-refractivity contribution in [2.45, 2.75) is 18.7 Å². The molecule has 12 heavy (non-hydrogen) atoms. The smallest absolute Gasteiger partial charge is 0.230 e. The highest BCUT2D eigenvalue weighted by atomic mass is 32.2. The van der Waals surface area contributed by atoms with Crippen LogP contribution in [0.4, 0.5) is 0 Å². The highest BCUT2D eigenvalue weighted by molar-refractivity contribution is 8.00. The molecule has 2 heterocycles. The summed E-state index contributed by atoms with van der Waals surface area (Å²) in [5.41, 5.74) is 1.96. The summed E-state index contributed by atoms with van der Waals surface area (Å²) in [6, 6.07) is 0. The van der Waals surface area contributed by atoms with Gasteiger partial charge in [0.2, 0.25) is 5.91 Å². The standard InChI is InChI=1S/C8H11NO2S/c1-5-4-12-8-2-7(11)9(8)6(5)3-10/h8,10H,2-4H2,1H3/t8-/m0/s1. The van der Waals surface area contributed by atoms with E-state index in [9.17, 15) is 4.79 Å². The highest BCUT2D eigenvalue weighted by Gasteiger charge is 2.41. The lowest BCUT2D eigenvalue weighted by molar-refractivity contribution is -0.139. The molecule has 2 aliphatic rings. The monoisotopic (exact) mass is 185 g/mol. The van der Waals surface area contributed by atoms with Crippen LogP contribution in [0, 0.1) is 0 Å². The van der Waals surface area contributed by atoms with E-state index >= 15 is 0 Å². The molecule has 2 rings (SSSR count). The normalized spacial score (nSPS) is 28.7. The van der Waals surface area contributed by atoms with Crippen molar-refractivity contribution in [3.8, 4) is 0 Å². The van der Waals surface area contributed by atoms with Crippen molar-refractivity contribution in [3.05, 3.63) is 11.3 Å². The average molecular weight is 185 g/mol. The average Bonchev–Trinajstić information content (AvgIpc) is 2.06. The van der Waals surface area contributed by atoms with Crippen LogP contribution in [-0.4, -0.2) is 33.6 Å². The summed E-state index contributed by atoms with van der Waals surface area (Å²) in [5.74, 6) is 1.10. The molecule has 0 aromatic rings. The van der Waals surface area contributed by atoms with Crippen molar-refractivity contribution in [1.82, 2.24) is 4.90 Å². The van der Waals surface area contributed by atoms with Crippen LogP contribution in [0.1, 0.15) is 13.3 Å². The predicted molar refractivity (Wildman–Crippen MR) is 47.5 cm³/mol. The van der Waals surface area contributed by atoms with E-state index in [1.165, 1.54) is 0 Å². The van der Waals surface area contributed by atoms with E-state index in [1.54, 1.807) is 16.7 Å². The SMILES string of the molecule is CC1=C(CO)N2C(=O)C[C@@H]2SC1. The molecule has 0 saturated carbocycles. The summed E-state index contributed by atoms with van der Waals surface area (Å²) in [6.07, 6.45) is 0.640. The summed E-state index contributed by atoms with van der Waals surface area (Å²) >= 11 is 1.78. The van der Waals surface area contributed by atoms with Crippen molar-refractivity contribution in [1.29, 1.82) is 0 Å². The Labute approximate surface area is 75.4 Å². The van der Waals surface area contributed by atoms with Crippen LogP contribution in [0.3, 0.4) is 0 Å². The van der Waals surface area contributed by atoms with Crippen LogP contribution in [-0.2, 0) is 4.79 Å². The number of β-lactam (4-membered cyclic amide) rings is 1. The molecular formula is C8H11NO2S. The number of thioether (sulfide) groups is 1. The van der Waals surface area contributed by atoms with Crippen LogP contribution in [0.25, 0.3) is 0 Å². The topological polar surface area (TPSA) is 40.5 Å². The lowest BCUT2D eigenvalue weighted by Crippen LogP contribution is -2.52. The summed E-state index contributed by atoms with van der Waals surface area (Å²) in [4.78, 5) is 12.9. The number of fused-ring (bicyclic) bond motifs is 1. The molecule has 66 valence electrons. The molecule has 2 aliphatic heterocycles. The zero-order chi connectivity index (χ0) is 8.72. The first-order valence-corrected chi connectivity index (χ1v) is 5.02. The van der Waals surface area contributed by atoms with E-state index in [1.807, 2.05) is 6.92 Å². The minimum Gasteiger partial charge on any atom is -0.390 e. The molecule has 1 saturated heterocycles. The Balaban J connectivity index is 2.28. The fraction of sp³-hybridized carbons (Fsp3) is 0.625. The highest BCUT2D eigenvalue weighted by Crippen LogP contribution is 2.39. The Morgan fingerprint density at radius 2 is 2.50 bits per heavy atom. The first kappa shape index (κ1) is 8.13. The summed E-state index contributed by atoms with van der Waals surface area (Å²) in [7, 11) is 0. The predicted octanol–water partition coefficient (Wildman–Crippen LogP) is 0.558. The zero-order valence-electron chi connectivity index (χ0n) is 6.91. The second-order valence-corrected chi connectivity index (χ2v) is 4.28. The van der Waals surface area contributed by atoms with Gasteiger partial charge in [0, 0.05) is 11.4 Å². The van der Waals surface area contributed by atoms with Gasteiger partial charge in [0.05, 0.1) is 18.4 Å². The third kappa shape index (κ3) is 0.983. The van der Waals surface area contributed by atoms with Gasteiger partial charge in [-0.15, -0.1) is 11.8 Å². The molecule has 3 nitrogen and oxygen atoms in total. The Bertz CT molecular complexity index is 262. The third-order valence-electron chi connectivity index (χ3n) is 2.33. The molecule has 0 radical (unpaired) electrons. The van der Waals surface area contributed by atoms with Gasteiger partial charge in [-0.1, -0.05) is 0 Å². The van der Waals surface area contributed by atoms with Gasteiger partial charge in [0.1, 0.15) is 0 Å². The molecule has 0 aromatic heterocycles. The minimum atomic E-state index is -0.00532. The number of rotatable bonds is 1. The Morgan fingerprint density at radius 3 is 3.00 bits per heavy atom. The van der Waals surface area contributed by atoms with Gasteiger partial charge in [-0.3, -0.25) is 4.79 Å². The lowest BCUT2D eigenvalue weighted by atomic mass is 10.1. The van der Waals surface area contributed by atoms with Crippen molar-refractivity contribution in [2.24, 2.45) is 0 Å². The Kier molecular flexibility index (Phi) is 1.88. The van der Waals surface area contributed by atoms with Gasteiger partial charge in [0.15, 0.2) is 0 Å². The number of aliphatic hydroxyl groups excluding tert-OH is 1. The van der Waals surface area contributed by atoms with Crippen LogP contribution >= 0.6 is 11.8 Å². The number of hydrogen-bond acceptors (Lipinski definition) is 3. The maximum atomic E-state index is 11.1. The minimum absolute atomic E-state index is 0.00532. The zero-order valence-corrected chi connectivity index (χ0v) is 7.73. The number of nitrogens with zero attached hydrogens (tertiary/aromatic N) is 1. The number of aliphatic hydroxyl groups is 1. The van der Waals surface area contributed by atoms with Gasteiger partial charge < -0.3 is 10.0 Å². The molecule has 4 heteroatoms. The van der Waals surface area contributed by atoms with E-state index in [2.05, 4.69) is 0 Å². The second kappa shape index (κ2) is 2.78. The van der Waals surface area contributed by atoms with Gasteiger partial charge in [-0.2, -0.15) is 0 Å². The number of carbonyl (C=O) groups is 1. The van der Waals surface area contributed by atoms with Crippen LogP contribution in [0.2, 0.25) is 0 Å². The third-order valence-corrected chi connectivity index (χ3v) is 3.69. The van der Waals surface area contributed by atoms with E-state index in [-0.39, 0.29) is 12.5 Å². The molecule has 0 spiro atoms. The maximum Gasteiger partial charge on any atom is 0.230 e. The summed E-state index contributed by atoms with van der Waals surface area (Å²) < 4.78 is 0. The van der Waals surface area contributed by atoms with Crippen LogP contribution in [0.15, 0.2) is 11.3 Å². The molecular weight excluding hydrogens is 174 g/mol. The van der Waals surface area contributed by atoms with Gasteiger partial charge >= 0.3 is 0 Å². The summed E-state index contributed by atoms with van der Waals surface area (Å²) in [5, 5.41) is 9.35. The molecule has 1 amide bonds. The quantitative estimate of drug-likeness (QED) is 0.607. The fourth-order valence-electron chi connectivity index (χ4n) is 1.57. The van der Waals surface area contributed by atoms with Crippen molar-refractivity contribution < 1.29 is 9.90 Å². The molecule has 0 unspecified atom stereocenters. The molecule has 0 aromatic carbocycles. The second-order valence-electron chi connectivity index (χ2n) is 3.12. The maximum absolute atomic E-state index is 11.1. The lowest BCUT2D eigenvalue weighted by Gasteiger charge is -2.44. The molecule has 1 fully saturated rings. The van der Waals surface area contributed by atoms with Crippen LogP contribution < -0.4 is 0 Å². The van der Waals surface area contributed by atoms with Crippen molar-refractivity contribution in [3.63, 3.8) is 0 Å². The summed E-state index contributed by atoms with van der Waals surface area (Å²) in [6.45, 7) is 1.97.